The van der Waals surface area contributed by atoms with E-state index in [0.29, 0.717) is 0 Å². The Labute approximate surface area is 226 Å². The highest BCUT2D eigenvalue weighted by Crippen LogP contribution is 2.43. The van der Waals surface area contributed by atoms with Gasteiger partial charge in [0.1, 0.15) is 0 Å². The van der Waals surface area contributed by atoms with Crippen LogP contribution in [0.4, 0.5) is 0 Å². The van der Waals surface area contributed by atoms with Crippen LogP contribution in [-0.4, -0.2) is 9.13 Å². The highest BCUT2D eigenvalue weighted by atomic mass is 79.9. The van der Waals surface area contributed by atoms with E-state index in [1.165, 1.54) is 63.9 Å². The number of aromatic nitrogens is 2. The van der Waals surface area contributed by atoms with Crippen molar-refractivity contribution in [1.82, 2.24) is 9.13 Å². The van der Waals surface area contributed by atoms with Gasteiger partial charge in [-0.1, -0.05) is 88.8 Å². The van der Waals surface area contributed by atoms with Crippen LogP contribution in [0.25, 0.3) is 59.4 Å². The summed E-state index contributed by atoms with van der Waals surface area (Å²) < 4.78 is 7.59. The number of thiophene rings is 1. The Morgan fingerprint density at radius 3 is 2.27 bits per heavy atom. The van der Waals surface area contributed by atoms with Crippen molar-refractivity contribution in [3.8, 4) is 5.69 Å². The molecular weight excluding hydrogens is 536 g/mol. The lowest BCUT2D eigenvalue weighted by atomic mass is 10.1. The zero-order chi connectivity index (χ0) is 24.5. The number of para-hydroxylation sites is 2. The van der Waals surface area contributed by atoms with Gasteiger partial charge in [-0.2, -0.15) is 0 Å². The van der Waals surface area contributed by atoms with Crippen LogP contribution >= 0.6 is 27.3 Å². The second kappa shape index (κ2) is 8.20. The highest BCUT2D eigenvalue weighted by molar-refractivity contribution is 9.11. The Hall–Kier alpha value is -3.60. The van der Waals surface area contributed by atoms with E-state index in [2.05, 4.69) is 134 Å². The summed E-state index contributed by atoms with van der Waals surface area (Å²) in [6.45, 7) is 0. The molecule has 0 amide bonds. The molecule has 0 bridgehead atoms. The number of allylic oxidation sites excluding steroid dienone is 4. The second-order valence-corrected chi connectivity index (χ2v) is 11.6. The third kappa shape index (κ3) is 3.09. The summed E-state index contributed by atoms with van der Waals surface area (Å²) in [6, 6.07) is 31.6. The first-order valence-corrected chi connectivity index (χ1v) is 14.4. The molecule has 0 saturated carbocycles. The lowest BCUT2D eigenvalue weighted by molar-refractivity contribution is 0.592. The summed E-state index contributed by atoms with van der Waals surface area (Å²) >= 11 is 5.75. The van der Waals surface area contributed by atoms with Gasteiger partial charge in [-0.25, -0.2) is 0 Å². The van der Waals surface area contributed by atoms with Crippen LogP contribution in [0.3, 0.4) is 0 Å². The molecule has 2 nitrogen and oxygen atoms in total. The molecule has 4 heteroatoms. The molecule has 0 aliphatic heterocycles. The predicted molar refractivity (Wildman–Crippen MR) is 164 cm³/mol. The number of hydrogen-bond donors (Lipinski definition) is 0. The summed E-state index contributed by atoms with van der Waals surface area (Å²) in [5, 5.41) is 8.85. The molecule has 178 valence electrons. The van der Waals surface area contributed by atoms with Gasteiger partial charge < -0.3 is 9.13 Å². The van der Waals surface area contributed by atoms with Gasteiger partial charge in [-0.3, -0.25) is 0 Å². The van der Waals surface area contributed by atoms with E-state index >= 15 is 0 Å². The van der Waals surface area contributed by atoms with Crippen LogP contribution < -0.4 is 0 Å². The maximum absolute atomic E-state index is 3.93. The lowest BCUT2D eigenvalue weighted by Gasteiger charge is -2.20. The number of rotatable bonds is 2. The Morgan fingerprint density at radius 2 is 1.41 bits per heavy atom. The molecule has 1 unspecified atom stereocenters. The van der Waals surface area contributed by atoms with Gasteiger partial charge in [0.15, 0.2) is 0 Å². The van der Waals surface area contributed by atoms with Crippen LogP contribution in [0.15, 0.2) is 113 Å². The number of hydrogen-bond acceptors (Lipinski definition) is 1. The molecule has 0 radical (unpaired) electrons. The monoisotopic (exact) mass is 558 g/mol. The van der Waals surface area contributed by atoms with Gasteiger partial charge in [0.05, 0.1) is 28.3 Å². The van der Waals surface area contributed by atoms with Gasteiger partial charge in [0.25, 0.3) is 0 Å². The van der Waals surface area contributed by atoms with Gasteiger partial charge in [0.2, 0.25) is 0 Å². The third-order valence-electron chi connectivity index (χ3n) is 7.83. The Balaban J connectivity index is 1.54. The maximum atomic E-state index is 3.93. The van der Waals surface area contributed by atoms with Crippen molar-refractivity contribution in [2.45, 2.75) is 18.9 Å². The number of halogens is 1. The lowest BCUT2D eigenvalue weighted by Crippen LogP contribution is -2.08. The fourth-order valence-corrected chi connectivity index (χ4v) is 7.72. The van der Waals surface area contributed by atoms with Crippen molar-refractivity contribution >= 4 is 81.0 Å². The molecule has 1 atom stereocenters. The minimum atomic E-state index is 0.259. The molecule has 0 fully saturated rings. The van der Waals surface area contributed by atoms with E-state index in [1.807, 2.05) is 11.3 Å². The summed E-state index contributed by atoms with van der Waals surface area (Å²) in [7, 11) is 0. The van der Waals surface area contributed by atoms with Gasteiger partial charge >= 0.3 is 0 Å². The van der Waals surface area contributed by atoms with Gasteiger partial charge in [-0.15, -0.1) is 11.3 Å². The van der Waals surface area contributed by atoms with Crippen molar-refractivity contribution < 1.29 is 0 Å². The van der Waals surface area contributed by atoms with E-state index < -0.39 is 0 Å². The molecule has 0 saturated heterocycles. The molecule has 7 aromatic rings. The average molecular weight is 560 g/mol. The molecule has 0 N–H and O–H groups in total. The molecule has 1 aliphatic rings. The molecular formula is C33H23BrN2S. The molecule has 1 aliphatic carbocycles. The average Bonchev–Trinajstić information content (AvgIpc) is 3.54. The van der Waals surface area contributed by atoms with E-state index in [-0.39, 0.29) is 6.04 Å². The van der Waals surface area contributed by atoms with Crippen molar-refractivity contribution in [3.05, 3.63) is 113 Å². The molecule has 8 rings (SSSR count). The summed E-state index contributed by atoms with van der Waals surface area (Å²) in [5.41, 5.74) is 6.35. The normalized spacial score (nSPS) is 16.4. The van der Waals surface area contributed by atoms with Crippen molar-refractivity contribution in [1.29, 1.82) is 0 Å². The Morgan fingerprint density at radius 1 is 0.703 bits per heavy atom. The summed E-state index contributed by atoms with van der Waals surface area (Å²) in [5.74, 6) is 0. The van der Waals surface area contributed by atoms with Crippen LogP contribution in [0.2, 0.25) is 0 Å². The first-order valence-electron chi connectivity index (χ1n) is 12.7. The van der Waals surface area contributed by atoms with Crippen molar-refractivity contribution in [2.24, 2.45) is 0 Å². The van der Waals surface area contributed by atoms with Crippen molar-refractivity contribution in [2.75, 3.05) is 0 Å². The van der Waals surface area contributed by atoms with E-state index in [4.69, 9.17) is 0 Å². The minimum absolute atomic E-state index is 0.259. The molecule has 3 heterocycles. The van der Waals surface area contributed by atoms with Crippen LogP contribution in [-0.2, 0) is 0 Å². The van der Waals surface area contributed by atoms with Crippen LogP contribution in [0.1, 0.15) is 18.9 Å². The van der Waals surface area contributed by atoms with Gasteiger partial charge in [0, 0.05) is 47.0 Å². The summed E-state index contributed by atoms with van der Waals surface area (Å²) in [4.78, 5) is 0. The zero-order valence-electron chi connectivity index (χ0n) is 20.1. The first-order chi connectivity index (χ1) is 18.3. The minimum Gasteiger partial charge on any atom is -0.332 e. The van der Waals surface area contributed by atoms with Crippen LogP contribution in [0.5, 0.6) is 0 Å². The smallest absolute Gasteiger partial charge is 0.0660 e. The SMILES string of the molecule is BrC1=CC=CCCC1n1c2ccccc2c2cc3c4ccccc4n(-c4csc5ccccc45)c3cc21. The number of fused-ring (bicyclic) bond motifs is 7. The number of benzene rings is 4. The fraction of sp³-hybridized carbons (Fsp3) is 0.0909. The summed E-state index contributed by atoms with van der Waals surface area (Å²) in [6.07, 6.45) is 8.79. The Bertz CT molecular complexity index is 2070. The third-order valence-corrected chi connectivity index (χ3v) is 9.58. The van der Waals surface area contributed by atoms with E-state index in [0.717, 1.165) is 12.8 Å². The molecule has 4 aromatic carbocycles. The molecule has 37 heavy (non-hydrogen) atoms. The van der Waals surface area contributed by atoms with E-state index in [9.17, 15) is 0 Å². The topological polar surface area (TPSA) is 9.86 Å². The predicted octanol–water partition coefficient (Wildman–Crippen LogP) is 10.3. The highest BCUT2D eigenvalue weighted by Gasteiger charge is 2.23. The molecule has 3 aromatic heterocycles. The second-order valence-electron chi connectivity index (χ2n) is 9.82. The largest absolute Gasteiger partial charge is 0.332 e. The first kappa shape index (κ1) is 21.5. The van der Waals surface area contributed by atoms with Gasteiger partial charge in [-0.05, 0) is 43.2 Å². The fourth-order valence-electron chi connectivity index (χ4n) is 6.20. The number of nitrogens with zero attached hydrogens (tertiary/aromatic N) is 2. The zero-order valence-corrected chi connectivity index (χ0v) is 22.5. The maximum Gasteiger partial charge on any atom is 0.0660 e. The standard InChI is InChI=1S/C33H23BrN2S/c34-26-13-2-1-3-16-29(26)35-27-14-7-4-10-21(27)24-18-25-22-11-5-8-15-28(22)36(31(25)19-30(24)35)32-20-37-33-17-9-6-12-23(32)33/h1-2,4-15,17-20,29H,3,16H2. The Kier molecular flexibility index (Phi) is 4.76. The quantitative estimate of drug-likeness (QED) is 0.199. The van der Waals surface area contributed by atoms with E-state index in [1.54, 1.807) is 0 Å². The van der Waals surface area contributed by atoms with Crippen molar-refractivity contribution in [3.63, 3.8) is 0 Å². The molecule has 0 spiro atoms. The van der Waals surface area contributed by atoms with Crippen LogP contribution in [0, 0.1) is 0 Å².